The van der Waals surface area contributed by atoms with Gasteiger partial charge >= 0.3 is 0 Å². The number of rotatable bonds is 5. The highest BCUT2D eigenvalue weighted by Gasteiger charge is 2.31. The molecule has 1 aromatic rings. The van der Waals surface area contributed by atoms with Crippen LogP contribution in [0.4, 0.5) is 0 Å². The standard InChI is InChI=1S/C14H23N3O2/c1-9(14-15-13(16-19-14)10-6-7-10)17(2)8-11-4-3-5-12(11)18/h9-12,18H,3-8H2,1-2H3. The second kappa shape index (κ2) is 5.21. The summed E-state index contributed by atoms with van der Waals surface area (Å²) in [6.45, 7) is 2.98. The summed E-state index contributed by atoms with van der Waals surface area (Å²) in [5.74, 6) is 2.50. The number of aromatic nitrogens is 2. The van der Waals surface area contributed by atoms with Crippen LogP contribution >= 0.6 is 0 Å². The first-order valence-electron chi connectivity index (χ1n) is 7.37. The van der Waals surface area contributed by atoms with Gasteiger partial charge in [-0.25, -0.2) is 0 Å². The Balaban J connectivity index is 1.59. The van der Waals surface area contributed by atoms with E-state index in [9.17, 15) is 5.11 Å². The minimum Gasteiger partial charge on any atom is -0.393 e. The molecule has 2 aliphatic carbocycles. The number of nitrogens with zero attached hydrogens (tertiary/aromatic N) is 3. The van der Waals surface area contributed by atoms with Gasteiger partial charge in [-0.1, -0.05) is 11.6 Å². The first kappa shape index (κ1) is 13.1. The smallest absolute Gasteiger partial charge is 0.243 e. The largest absolute Gasteiger partial charge is 0.393 e. The van der Waals surface area contributed by atoms with Crippen molar-refractivity contribution in [3.8, 4) is 0 Å². The minimum atomic E-state index is -0.139. The van der Waals surface area contributed by atoms with Crippen molar-refractivity contribution in [1.29, 1.82) is 0 Å². The maximum absolute atomic E-state index is 9.90. The van der Waals surface area contributed by atoms with Crippen LogP contribution in [0.1, 0.15) is 62.7 Å². The minimum absolute atomic E-state index is 0.118. The lowest BCUT2D eigenvalue weighted by atomic mass is 10.0. The van der Waals surface area contributed by atoms with Crippen LogP contribution in [0.15, 0.2) is 4.52 Å². The summed E-state index contributed by atoms with van der Waals surface area (Å²) >= 11 is 0. The number of hydrogen-bond acceptors (Lipinski definition) is 5. The molecule has 1 aromatic heterocycles. The summed E-state index contributed by atoms with van der Waals surface area (Å²) in [4.78, 5) is 6.72. The highest BCUT2D eigenvalue weighted by molar-refractivity contribution is 5.04. The van der Waals surface area contributed by atoms with Crippen LogP contribution < -0.4 is 0 Å². The Morgan fingerprint density at radius 1 is 1.37 bits per heavy atom. The van der Waals surface area contributed by atoms with E-state index in [0.29, 0.717) is 17.7 Å². The number of aliphatic hydroxyl groups excluding tert-OH is 1. The number of aliphatic hydroxyl groups is 1. The molecule has 1 heterocycles. The summed E-state index contributed by atoms with van der Waals surface area (Å²) in [5, 5.41) is 14.0. The maximum Gasteiger partial charge on any atom is 0.243 e. The molecule has 0 spiro atoms. The van der Waals surface area contributed by atoms with Crippen LogP contribution in [0.5, 0.6) is 0 Å². The van der Waals surface area contributed by atoms with Gasteiger partial charge in [0.2, 0.25) is 5.89 Å². The molecule has 2 aliphatic rings. The average Bonchev–Trinajstić information content (AvgIpc) is 3.00. The van der Waals surface area contributed by atoms with Crippen molar-refractivity contribution < 1.29 is 9.63 Å². The van der Waals surface area contributed by atoms with E-state index in [0.717, 1.165) is 31.6 Å². The molecule has 0 aromatic carbocycles. The zero-order chi connectivity index (χ0) is 13.4. The predicted octanol–water partition coefficient (Wildman–Crippen LogP) is 2.10. The molecular weight excluding hydrogens is 242 g/mol. The van der Waals surface area contributed by atoms with Crippen molar-refractivity contribution >= 4 is 0 Å². The number of hydrogen-bond donors (Lipinski definition) is 1. The SMILES string of the molecule is CC(c1nc(C2CC2)no1)N(C)CC1CCCC1O. The lowest BCUT2D eigenvalue weighted by molar-refractivity contribution is 0.0930. The predicted molar refractivity (Wildman–Crippen MR) is 70.7 cm³/mol. The molecule has 2 saturated carbocycles. The van der Waals surface area contributed by atoms with Crippen molar-refractivity contribution in [1.82, 2.24) is 15.0 Å². The quantitative estimate of drug-likeness (QED) is 0.883. The van der Waals surface area contributed by atoms with Gasteiger partial charge in [0, 0.05) is 12.5 Å². The highest BCUT2D eigenvalue weighted by Crippen LogP contribution is 2.38. The molecule has 0 amide bonds. The van der Waals surface area contributed by atoms with E-state index in [-0.39, 0.29) is 12.1 Å². The molecule has 0 radical (unpaired) electrons. The van der Waals surface area contributed by atoms with E-state index in [1.807, 2.05) is 0 Å². The Kier molecular flexibility index (Phi) is 3.58. The Bertz CT molecular complexity index is 430. The van der Waals surface area contributed by atoms with Crippen molar-refractivity contribution in [3.63, 3.8) is 0 Å². The molecule has 3 unspecified atom stereocenters. The molecular formula is C14H23N3O2. The summed E-state index contributed by atoms with van der Waals surface area (Å²) in [7, 11) is 2.07. The first-order valence-corrected chi connectivity index (χ1v) is 7.37. The fourth-order valence-corrected chi connectivity index (χ4v) is 2.87. The lowest BCUT2D eigenvalue weighted by Crippen LogP contribution is -2.32. The third-order valence-corrected chi connectivity index (χ3v) is 4.56. The van der Waals surface area contributed by atoms with Crippen molar-refractivity contribution in [2.45, 2.75) is 57.1 Å². The van der Waals surface area contributed by atoms with E-state index >= 15 is 0 Å². The molecule has 3 atom stereocenters. The summed E-state index contributed by atoms with van der Waals surface area (Å²) in [6, 6.07) is 0.118. The Labute approximate surface area is 114 Å². The van der Waals surface area contributed by atoms with Gasteiger partial charge in [-0.2, -0.15) is 4.98 Å². The summed E-state index contributed by atoms with van der Waals surface area (Å²) < 4.78 is 5.37. The molecule has 1 N–H and O–H groups in total. The van der Waals surface area contributed by atoms with Gasteiger partial charge in [-0.15, -0.1) is 0 Å². The van der Waals surface area contributed by atoms with E-state index in [1.54, 1.807) is 0 Å². The van der Waals surface area contributed by atoms with Crippen molar-refractivity contribution in [2.75, 3.05) is 13.6 Å². The van der Waals surface area contributed by atoms with Gasteiger partial charge in [-0.3, -0.25) is 4.90 Å². The van der Waals surface area contributed by atoms with E-state index in [4.69, 9.17) is 4.52 Å². The monoisotopic (exact) mass is 265 g/mol. The molecule has 19 heavy (non-hydrogen) atoms. The normalized spacial score (nSPS) is 29.1. The Morgan fingerprint density at radius 3 is 2.79 bits per heavy atom. The van der Waals surface area contributed by atoms with E-state index in [2.05, 4.69) is 29.0 Å². The maximum atomic E-state index is 9.90. The van der Waals surface area contributed by atoms with Gasteiger partial charge in [0.05, 0.1) is 12.1 Å². The molecule has 5 nitrogen and oxygen atoms in total. The van der Waals surface area contributed by atoms with Gasteiger partial charge in [0.15, 0.2) is 5.82 Å². The third kappa shape index (κ3) is 2.82. The zero-order valence-corrected chi connectivity index (χ0v) is 11.7. The topological polar surface area (TPSA) is 62.4 Å². The van der Waals surface area contributed by atoms with E-state index < -0.39 is 0 Å². The van der Waals surface area contributed by atoms with Crippen molar-refractivity contribution in [2.24, 2.45) is 5.92 Å². The molecule has 5 heteroatoms. The fourth-order valence-electron chi connectivity index (χ4n) is 2.87. The molecule has 106 valence electrons. The lowest BCUT2D eigenvalue weighted by Gasteiger charge is -2.26. The van der Waals surface area contributed by atoms with Crippen LogP contribution in [0.3, 0.4) is 0 Å². The van der Waals surface area contributed by atoms with Crippen LogP contribution in [-0.4, -0.2) is 39.8 Å². The van der Waals surface area contributed by atoms with Crippen LogP contribution in [-0.2, 0) is 0 Å². The molecule has 0 aliphatic heterocycles. The average molecular weight is 265 g/mol. The second-order valence-electron chi connectivity index (χ2n) is 6.14. The first-order chi connectivity index (χ1) is 9.15. The third-order valence-electron chi connectivity index (χ3n) is 4.56. The Hall–Kier alpha value is -0.940. The van der Waals surface area contributed by atoms with Gasteiger partial charge in [0.25, 0.3) is 0 Å². The Morgan fingerprint density at radius 2 is 2.16 bits per heavy atom. The van der Waals surface area contributed by atoms with Crippen molar-refractivity contribution in [3.05, 3.63) is 11.7 Å². The molecule has 0 saturated heterocycles. The molecule has 0 bridgehead atoms. The zero-order valence-electron chi connectivity index (χ0n) is 11.7. The van der Waals surface area contributed by atoms with Gasteiger partial charge < -0.3 is 9.63 Å². The summed E-state index contributed by atoms with van der Waals surface area (Å²) in [5.41, 5.74) is 0. The molecule has 3 rings (SSSR count). The summed E-state index contributed by atoms with van der Waals surface area (Å²) in [6.07, 6.45) is 5.45. The second-order valence-corrected chi connectivity index (χ2v) is 6.14. The van der Waals surface area contributed by atoms with Crippen LogP contribution in [0, 0.1) is 5.92 Å². The fraction of sp³-hybridized carbons (Fsp3) is 0.857. The van der Waals surface area contributed by atoms with Gasteiger partial charge in [0.1, 0.15) is 0 Å². The van der Waals surface area contributed by atoms with Crippen LogP contribution in [0.2, 0.25) is 0 Å². The highest BCUT2D eigenvalue weighted by atomic mass is 16.5. The van der Waals surface area contributed by atoms with E-state index in [1.165, 1.54) is 12.8 Å². The van der Waals surface area contributed by atoms with Crippen LogP contribution in [0.25, 0.3) is 0 Å². The van der Waals surface area contributed by atoms with Gasteiger partial charge in [-0.05, 0) is 45.6 Å². The molecule has 2 fully saturated rings.